The van der Waals surface area contributed by atoms with Gasteiger partial charge < -0.3 is 5.32 Å². The van der Waals surface area contributed by atoms with Gasteiger partial charge >= 0.3 is 0 Å². The molecule has 0 radical (unpaired) electrons. The molecular formula is C27H31ClN2O3S. The summed E-state index contributed by atoms with van der Waals surface area (Å²) in [5.74, 6) is 0.611. The van der Waals surface area contributed by atoms with Crippen LogP contribution in [0.2, 0.25) is 5.02 Å². The van der Waals surface area contributed by atoms with Gasteiger partial charge in [0.25, 0.3) is 0 Å². The van der Waals surface area contributed by atoms with Crippen LogP contribution in [-0.4, -0.2) is 31.3 Å². The van der Waals surface area contributed by atoms with Crippen LogP contribution in [0.3, 0.4) is 0 Å². The molecule has 34 heavy (non-hydrogen) atoms. The number of halogens is 1. The van der Waals surface area contributed by atoms with E-state index in [1.165, 1.54) is 6.26 Å². The Kier molecular flexibility index (Phi) is 7.39. The molecule has 3 aromatic rings. The van der Waals surface area contributed by atoms with Crippen LogP contribution < -0.4 is 5.32 Å². The Morgan fingerprint density at radius 2 is 1.68 bits per heavy atom. The molecule has 2 aromatic carbocycles. The van der Waals surface area contributed by atoms with Crippen molar-refractivity contribution in [1.29, 1.82) is 0 Å². The number of hydrogen-bond donors (Lipinski definition) is 1. The fourth-order valence-electron chi connectivity index (χ4n) is 4.62. The number of nitrogens with one attached hydrogen (secondary N) is 1. The first-order valence-electron chi connectivity index (χ1n) is 11.6. The molecule has 0 bridgehead atoms. The van der Waals surface area contributed by atoms with E-state index in [4.69, 9.17) is 11.6 Å². The van der Waals surface area contributed by atoms with Crippen LogP contribution in [0.4, 0.5) is 5.82 Å². The molecule has 1 heterocycles. The molecule has 0 saturated heterocycles. The van der Waals surface area contributed by atoms with E-state index in [2.05, 4.69) is 10.3 Å². The van der Waals surface area contributed by atoms with Gasteiger partial charge in [-0.2, -0.15) is 0 Å². The fraction of sp³-hybridized carbons (Fsp3) is 0.333. The molecule has 1 aromatic heterocycles. The summed E-state index contributed by atoms with van der Waals surface area (Å²) < 4.78 is 22.8. The zero-order chi connectivity index (χ0) is 24.2. The average Bonchev–Trinajstić information content (AvgIpc) is 2.83. The van der Waals surface area contributed by atoms with Crippen molar-refractivity contribution in [3.63, 3.8) is 0 Å². The van der Waals surface area contributed by atoms with Gasteiger partial charge in [-0.3, -0.25) is 4.79 Å². The molecule has 7 heteroatoms. The maximum atomic E-state index is 13.6. The van der Waals surface area contributed by atoms with E-state index in [1.807, 2.05) is 60.7 Å². The van der Waals surface area contributed by atoms with Gasteiger partial charge in [-0.15, -0.1) is 0 Å². The number of anilines is 1. The number of rotatable bonds is 7. The highest BCUT2D eigenvalue weighted by Crippen LogP contribution is 2.41. The summed E-state index contributed by atoms with van der Waals surface area (Å²) in [6.45, 7) is 0. The second-order valence-electron chi connectivity index (χ2n) is 9.09. The molecule has 1 aliphatic carbocycles. The number of nitrogens with zero attached hydrogens (tertiary/aromatic N) is 1. The van der Waals surface area contributed by atoms with Crippen LogP contribution in [0.15, 0.2) is 66.7 Å². The van der Waals surface area contributed by atoms with Crippen molar-refractivity contribution in [1.82, 2.24) is 4.98 Å². The summed E-state index contributed by atoms with van der Waals surface area (Å²) in [7, 11) is -3.00. The first kappa shape index (κ1) is 24.4. The van der Waals surface area contributed by atoms with E-state index in [9.17, 15) is 13.2 Å². The maximum absolute atomic E-state index is 13.6. The number of benzene rings is 2. The average molecular weight is 499 g/mol. The van der Waals surface area contributed by atoms with Crippen molar-refractivity contribution >= 4 is 33.2 Å². The lowest BCUT2D eigenvalue weighted by Gasteiger charge is -2.36. The molecule has 1 N–H and O–H groups in total. The third-order valence-corrected chi connectivity index (χ3v) is 7.74. The highest BCUT2D eigenvalue weighted by Gasteiger charge is 2.41. The smallest absolute Gasteiger partial charge is 0.236 e. The zero-order valence-corrected chi connectivity index (χ0v) is 20.8. The molecule has 180 valence electrons. The number of carbonyl (C=O) groups excluding carboxylic acids is 1. The summed E-state index contributed by atoms with van der Waals surface area (Å²) in [5, 5.41) is 3.73. The number of aryl methyl sites for hydroxylation is 1. The fourth-order valence-corrected chi connectivity index (χ4v) is 5.35. The van der Waals surface area contributed by atoms with Crippen molar-refractivity contribution < 1.29 is 14.6 Å². The van der Waals surface area contributed by atoms with Crippen molar-refractivity contribution in [3.05, 3.63) is 82.9 Å². The molecule has 0 unspecified atom stereocenters. The van der Waals surface area contributed by atoms with E-state index in [0.717, 1.165) is 54.5 Å². The Hall–Kier alpha value is -2.70. The van der Waals surface area contributed by atoms with E-state index in [0.29, 0.717) is 17.3 Å². The normalized spacial score (nSPS) is 15.6. The predicted octanol–water partition coefficient (Wildman–Crippen LogP) is 6.08. The van der Waals surface area contributed by atoms with Gasteiger partial charge in [-0.05, 0) is 54.7 Å². The summed E-state index contributed by atoms with van der Waals surface area (Å²) in [5.41, 5.74) is 3.03. The second-order valence-corrected chi connectivity index (χ2v) is 11.8. The first-order valence-corrected chi connectivity index (χ1v) is 14.0. The van der Waals surface area contributed by atoms with Gasteiger partial charge in [-0.25, -0.2) is 13.4 Å². The largest absolute Gasteiger partial charge is 0.310 e. The zero-order valence-electron chi connectivity index (χ0n) is 19.3. The Labute approximate surface area is 208 Å². The summed E-state index contributed by atoms with van der Waals surface area (Å²) in [4.78, 5) is 18.3. The molecule has 0 aliphatic heterocycles. The number of sulfone groups is 1. The van der Waals surface area contributed by atoms with E-state index >= 15 is 0 Å². The van der Waals surface area contributed by atoms with E-state index < -0.39 is 15.3 Å². The Balaban J connectivity index is 0.00000342. The third-order valence-electron chi connectivity index (χ3n) is 6.54. The molecule has 0 spiro atoms. The lowest BCUT2D eigenvalue weighted by molar-refractivity contribution is -0.122. The Morgan fingerprint density at radius 3 is 2.32 bits per heavy atom. The summed E-state index contributed by atoms with van der Waals surface area (Å²) in [6.07, 6.45) is 6.48. The maximum Gasteiger partial charge on any atom is 0.236 e. The van der Waals surface area contributed by atoms with Crippen molar-refractivity contribution in [3.8, 4) is 11.3 Å². The number of amides is 1. The van der Waals surface area contributed by atoms with Crippen molar-refractivity contribution in [2.45, 2.75) is 43.9 Å². The number of hydrogen-bond acceptors (Lipinski definition) is 4. The minimum absolute atomic E-state index is 0. The highest BCUT2D eigenvalue weighted by atomic mass is 35.5. The SMILES string of the molecule is CS(=O)(=O)CCc1ccc(-c2cccc(NC(=O)C3(c4ccc(Cl)cc4)CCCCC3)n2)cc1.[HH]. The van der Waals surface area contributed by atoms with Crippen LogP contribution in [0.5, 0.6) is 0 Å². The van der Waals surface area contributed by atoms with Crippen LogP contribution >= 0.6 is 11.6 Å². The monoisotopic (exact) mass is 498 g/mol. The van der Waals surface area contributed by atoms with Crippen LogP contribution in [0.1, 0.15) is 44.7 Å². The minimum Gasteiger partial charge on any atom is -0.310 e. The molecule has 1 amide bonds. The van der Waals surface area contributed by atoms with Gasteiger partial charge in [0.05, 0.1) is 16.9 Å². The number of carbonyl (C=O) groups is 1. The predicted molar refractivity (Wildman–Crippen MR) is 140 cm³/mol. The van der Waals surface area contributed by atoms with E-state index in [-0.39, 0.29) is 13.1 Å². The van der Waals surface area contributed by atoms with Crippen molar-refractivity contribution in [2.24, 2.45) is 0 Å². The molecule has 0 atom stereocenters. The molecular weight excluding hydrogens is 468 g/mol. The quantitative estimate of drug-likeness (QED) is 0.428. The standard InChI is InChI=1S/C27H29ClN2O3S.H2/c1-34(32,33)19-16-20-8-10-21(11-9-20)24-6-5-7-25(29-24)30-26(31)27(17-3-2-4-18-27)22-12-14-23(28)15-13-22;/h5-15H,2-4,16-19H2,1H3,(H,29,30,31);1H. The van der Waals surface area contributed by atoms with Gasteiger partial charge in [0, 0.05) is 18.3 Å². The van der Waals surface area contributed by atoms with Gasteiger partial charge in [0.2, 0.25) is 5.91 Å². The number of aromatic nitrogens is 1. The molecule has 1 aliphatic rings. The topological polar surface area (TPSA) is 76.1 Å². The van der Waals surface area contributed by atoms with Gasteiger partial charge in [0.15, 0.2) is 0 Å². The first-order chi connectivity index (χ1) is 16.2. The van der Waals surface area contributed by atoms with E-state index in [1.54, 1.807) is 6.07 Å². The van der Waals surface area contributed by atoms with Crippen LogP contribution in [0, 0.1) is 0 Å². The summed E-state index contributed by atoms with van der Waals surface area (Å²) in [6, 6.07) is 20.9. The summed E-state index contributed by atoms with van der Waals surface area (Å²) >= 11 is 6.09. The third kappa shape index (κ3) is 5.86. The van der Waals surface area contributed by atoms with Crippen LogP contribution in [0.25, 0.3) is 11.3 Å². The Morgan fingerprint density at radius 1 is 1.00 bits per heavy atom. The molecule has 4 rings (SSSR count). The number of pyridine rings is 1. The lowest BCUT2D eigenvalue weighted by atomic mass is 9.68. The molecule has 1 fully saturated rings. The second kappa shape index (κ2) is 10.3. The lowest BCUT2D eigenvalue weighted by Crippen LogP contribution is -2.42. The van der Waals surface area contributed by atoms with Crippen molar-refractivity contribution in [2.75, 3.05) is 17.3 Å². The molecule has 1 saturated carbocycles. The minimum atomic E-state index is -3.00. The van der Waals surface area contributed by atoms with Gasteiger partial charge in [0.1, 0.15) is 15.7 Å². The molecule has 5 nitrogen and oxygen atoms in total. The van der Waals surface area contributed by atoms with Crippen LogP contribution in [-0.2, 0) is 26.5 Å². The Bertz CT molecular complexity index is 1260. The highest BCUT2D eigenvalue weighted by molar-refractivity contribution is 7.90. The van der Waals surface area contributed by atoms with Gasteiger partial charge in [-0.1, -0.05) is 73.3 Å².